The van der Waals surface area contributed by atoms with Gasteiger partial charge >= 0.3 is 0 Å². The molecule has 0 saturated heterocycles. The molecule has 2 aromatic carbocycles. The Hall–Kier alpha value is -2.62. The fourth-order valence-corrected chi connectivity index (χ4v) is 4.97. The zero-order valence-electron chi connectivity index (χ0n) is 17.6. The quantitative estimate of drug-likeness (QED) is 0.404. The molecule has 0 bridgehead atoms. The zero-order valence-corrected chi connectivity index (χ0v) is 19.2. The molecule has 0 spiro atoms. The largest absolute Gasteiger partial charge is 0.378 e. The van der Waals surface area contributed by atoms with Gasteiger partial charge in [-0.25, -0.2) is 0 Å². The van der Waals surface area contributed by atoms with Crippen LogP contribution in [0.3, 0.4) is 0 Å². The molecule has 0 unspecified atom stereocenters. The van der Waals surface area contributed by atoms with E-state index in [1.54, 1.807) is 11.3 Å². The van der Waals surface area contributed by atoms with Gasteiger partial charge in [-0.2, -0.15) is 4.57 Å². The molecule has 3 aromatic rings. The van der Waals surface area contributed by atoms with E-state index in [-0.39, 0.29) is 0 Å². The summed E-state index contributed by atoms with van der Waals surface area (Å²) in [4.78, 5) is 2.10. The van der Waals surface area contributed by atoms with Crippen molar-refractivity contribution >= 4 is 51.0 Å². The molecule has 30 heavy (non-hydrogen) atoms. The van der Waals surface area contributed by atoms with Crippen LogP contribution in [0.2, 0.25) is 0 Å². The van der Waals surface area contributed by atoms with E-state index in [2.05, 4.69) is 110 Å². The van der Waals surface area contributed by atoms with Crippen molar-refractivity contribution in [3.8, 4) is 0 Å². The molecule has 1 aromatic heterocycles. The highest BCUT2D eigenvalue weighted by Gasteiger charge is 2.17. The summed E-state index contributed by atoms with van der Waals surface area (Å²) in [5.74, 6) is 0. The van der Waals surface area contributed by atoms with E-state index in [1.807, 2.05) is 0 Å². The van der Waals surface area contributed by atoms with Crippen LogP contribution < -0.4 is 9.47 Å². The minimum Gasteiger partial charge on any atom is -0.378 e. The topological polar surface area (TPSA) is 7.12 Å². The average molecular weight is 434 g/mol. The minimum absolute atomic E-state index is 0.891. The Balaban J connectivity index is 1.48. The van der Waals surface area contributed by atoms with Crippen LogP contribution in [0.1, 0.15) is 23.4 Å². The number of para-hydroxylation sites is 1. The third-order valence-electron chi connectivity index (χ3n) is 5.42. The van der Waals surface area contributed by atoms with Crippen LogP contribution in [0.25, 0.3) is 22.4 Å². The van der Waals surface area contributed by atoms with E-state index in [4.69, 9.17) is 11.6 Å². The van der Waals surface area contributed by atoms with E-state index in [0.717, 1.165) is 17.9 Å². The third kappa shape index (κ3) is 4.43. The highest BCUT2D eigenvalue weighted by atomic mass is 35.5. The molecule has 4 rings (SSSR count). The molecule has 1 aliphatic carbocycles. The number of rotatable bonds is 5. The molecule has 0 N–H and O–H groups in total. The van der Waals surface area contributed by atoms with E-state index in [1.165, 1.54) is 37.6 Å². The number of hydrogen-bond acceptors (Lipinski definition) is 2. The number of fused-ring (bicyclic) bond motifs is 1. The van der Waals surface area contributed by atoms with Gasteiger partial charge in [-0.05, 0) is 47.8 Å². The maximum Gasteiger partial charge on any atom is 0.262 e. The van der Waals surface area contributed by atoms with Crippen molar-refractivity contribution in [2.24, 2.45) is 7.05 Å². The van der Waals surface area contributed by atoms with Crippen LogP contribution in [0, 0.1) is 0 Å². The number of aryl methyl sites for hydroxylation is 1. The average Bonchev–Trinajstić information content (AvgIpc) is 3.27. The molecule has 0 saturated carbocycles. The van der Waals surface area contributed by atoms with Gasteiger partial charge in [0.25, 0.3) is 5.01 Å². The standard InChI is InChI=1S/C26H26ClN2S/c1-28(2)22-16-11-19(12-17-22)7-6-8-20-13-14-21(26(20)27)15-18-25-29(3)23-9-4-5-10-24(23)30-25/h4-12,15-18H,13-14H2,1-3H3/q+1. The van der Waals surface area contributed by atoms with Crippen LogP contribution in [0.15, 0.2) is 82.9 Å². The molecular formula is C26H26ClN2S+. The van der Waals surface area contributed by atoms with E-state index in [9.17, 15) is 0 Å². The van der Waals surface area contributed by atoms with Crippen LogP contribution in [0.4, 0.5) is 5.69 Å². The number of nitrogens with zero attached hydrogens (tertiary/aromatic N) is 2. The fourth-order valence-electron chi connectivity index (χ4n) is 3.61. The normalized spacial score (nSPS) is 16.1. The monoisotopic (exact) mass is 433 g/mol. The summed E-state index contributed by atoms with van der Waals surface area (Å²) >= 11 is 8.49. The molecule has 1 aliphatic rings. The molecule has 2 nitrogen and oxygen atoms in total. The van der Waals surface area contributed by atoms with Gasteiger partial charge in [-0.1, -0.05) is 71.5 Å². The van der Waals surface area contributed by atoms with Crippen molar-refractivity contribution in [3.05, 3.63) is 93.5 Å². The van der Waals surface area contributed by atoms with Gasteiger partial charge in [-0.3, -0.25) is 0 Å². The van der Waals surface area contributed by atoms with Gasteiger partial charge in [0.15, 0.2) is 0 Å². The molecular weight excluding hydrogens is 408 g/mol. The van der Waals surface area contributed by atoms with Crippen molar-refractivity contribution in [2.45, 2.75) is 12.8 Å². The summed E-state index contributed by atoms with van der Waals surface area (Å²) in [5, 5.41) is 2.12. The van der Waals surface area contributed by atoms with Crippen molar-refractivity contribution in [2.75, 3.05) is 19.0 Å². The van der Waals surface area contributed by atoms with Gasteiger partial charge in [0.05, 0.1) is 0 Å². The van der Waals surface area contributed by atoms with Gasteiger partial charge < -0.3 is 4.90 Å². The van der Waals surface area contributed by atoms with Gasteiger partial charge in [0.2, 0.25) is 5.52 Å². The number of halogens is 1. The molecule has 0 fully saturated rings. The predicted molar refractivity (Wildman–Crippen MR) is 132 cm³/mol. The highest BCUT2D eigenvalue weighted by molar-refractivity contribution is 7.18. The van der Waals surface area contributed by atoms with E-state index >= 15 is 0 Å². The molecule has 4 heteroatoms. The lowest BCUT2D eigenvalue weighted by molar-refractivity contribution is -0.642. The lowest BCUT2D eigenvalue weighted by atomic mass is 10.1. The highest BCUT2D eigenvalue weighted by Crippen LogP contribution is 2.35. The molecule has 0 atom stereocenters. The maximum absolute atomic E-state index is 6.68. The third-order valence-corrected chi connectivity index (χ3v) is 7.09. The number of allylic oxidation sites excluding steroid dienone is 6. The molecule has 0 aliphatic heterocycles. The number of benzene rings is 2. The van der Waals surface area contributed by atoms with Crippen molar-refractivity contribution < 1.29 is 4.57 Å². The molecule has 152 valence electrons. The number of hydrogen-bond donors (Lipinski definition) is 0. The SMILES string of the molecule is CN(C)c1ccc(/C=C/C=C2\CCC(/C=C/c3sc4ccccc4[n+]3C)=C2Cl)cc1. The van der Waals surface area contributed by atoms with Crippen LogP contribution in [0.5, 0.6) is 0 Å². The van der Waals surface area contributed by atoms with Gasteiger partial charge in [-0.15, -0.1) is 0 Å². The Morgan fingerprint density at radius 2 is 1.73 bits per heavy atom. The van der Waals surface area contributed by atoms with Crippen LogP contribution in [-0.2, 0) is 7.05 Å². The Bertz CT molecular complexity index is 1180. The summed E-state index contributed by atoms with van der Waals surface area (Å²) < 4.78 is 3.54. The second kappa shape index (κ2) is 9.03. The van der Waals surface area contributed by atoms with Crippen molar-refractivity contribution in [1.29, 1.82) is 0 Å². The van der Waals surface area contributed by atoms with Crippen LogP contribution >= 0.6 is 22.9 Å². The van der Waals surface area contributed by atoms with Crippen molar-refractivity contribution in [3.63, 3.8) is 0 Å². The summed E-state index contributed by atoms with van der Waals surface area (Å²) in [5.41, 5.74) is 6.07. The number of aromatic nitrogens is 1. The molecule has 0 radical (unpaired) electrons. The molecule has 1 heterocycles. The summed E-state index contributed by atoms with van der Waals surface area (Å²) in [6.45, 7) is 0. The van der Waals surface area contributed by atoms with Gasteiger partial charge in [0.1, 0.15) is 11.7 Å². The lowest BCUT2D eigenvalue weighted by Crippen LogP contribution is -2.28. The second-order valence-corrected chi connectivity index (χ2v) is 9.12. The minimum atomic E-state index is 0.891. The van der Waals surface area contributed by atoms with E-state index < -0.39 is 0 Å². The van der Waals surface area contributed by atoms with Gasteiger partial charge in [0, 0.05) is 37.0 Å². The summed E-state index contributed by atoms with van der Waals surface area (Å²) in [7, 11) is 6.22. The summed E-state index contributed by atoms with van der Waals surface area (Å²) in [6.07, 6.45) is 12.7. The first-order valence-corrected chi connectivity index (χ1v) is 11.3. The lowest BCUT2D eigenvalue weighted by Gasteiger charge is -2.11. The Morgan fingerprint density at radius 3 is 2.47 bits per heavy atom. The fraction of sp³-hybridized carbons (Fsp3) is 0.192. The molecule has 0 amide bonds. The number of anilines is 1. The first-order chi connectivity index (χ1) is 14.5. The van der Waals surface area contributed by atoms with Crippen LogP contribution in [-0.4, -0.2) is 14.1 Å². The smallest absolute Gasteiger partial charge is 0.262 e. The van der Waals surface area contributed by atoms with E-state index in [0.29, 0.717) is 0 Å². The Labute approximate surface area is 187 Å². The second-order valence-electron chi connectivity index (χ2n) is 7.68. The zero-order chi connectivity index (χ0) is 21.1. The first-order valence-electron chi connectivity index (χ1n) is 10.1. The Kier molecular flexibility index (Phi) is 6.21. The Morgan fingerprint density at radius 1 is 0.967 bits per heavy atom. The summed E-state index contributed by atoms with van der Waals surface area (Å²) in [6, 6.07) is 17.0. The van der Waals surface area contributed by atoms with Crippen molar-refractivity contribution in [1.82, 2.24) is 0 Å². The maximum atomic E-state index is 6.68. The first kappa shape index (κ1) is 20.6. The predicted octanol–water partition coefficient (Wildman–Crippen LogP) is 6.73. The number of thiazole rings is 1.